The molecule has 0 aliphatic rings. The van der Waals surface area contributed by atoms with Crippen LogP contribution in [0.4, 0.5) is 4.39 Å². The molecule has 0 aliphatic carbocycles. The molecular formula is C18H15FN2O4. The number of rotatable bonds is 6. The van der Waals surface area contributed by atoms with Gasteiger partial charge in [-0.15, -0.1) is 0 Å². The van der Waals surface area contributed by atoms with Crippen LogP contribution in [0.5, 0.6) is 0 Å². The van der Waals surface area contributed by atoms with Crippen molar-refractivity contribution < 1.29 is 18.4 Å². The van der Waals surface area contributed by atoms with Crippen LogP contribution in [0.3, 0.4) is 0 Å². The van der Waals surface area contributed by atoms with Crippen LogP contribution in [0.15, 0.2) is 51.7 Å². The van der Waals surface area contributed by atoms with Crippen LogP contribution < -0.4 is 11.1 Å². The number of Topliss-reactive ketones (excluding diaryl/α,β-unsaturated/α-hetero) is 1. The smallest absolute Gasteiger partial charge is 0.408 e. The Morgan fingerprint density at radius 3 is 2.72 bits per heavy atom. The molecule has 1 aromatic heterocycles. The third-order valence-electron chi connectivity index (χ3n) is 3.76. The number of ketones is 1. The average molecular weight is 342 g/mol. The molecule has 0 fully saturated rings. The Labute approximate surface area is 141 Å². The fourth-order valence-electron chi connectivity index (χ4n) is 2.41. The second-order valence-corrected chi connectivity index (χ2v) is 5.52. The quantitative estimate of drug-likeness (QED) is 0.673. The van der Waals surface area contributed by atoms with Crippen LogP contribution in [-0.2, 0) is 11.3 Å². The largest absolute Gasteiger partial charge is 0.417 e. The Balaban J connectivity index is 1.54. The van der Waals surface area contributed by atoms with E-state index >= 15 is 0 Å². The van der Waals surface area contributed by atoms with Gasteiger partial charge < -0.3 is 9.73 Å². The number of benzene rings is 2. The van der Waals surface area contributed by atoms with Crippen molar-refractivity contribution in [2.45, 2.75) is 19.4 Å². The number of carbonyl (C=O) groups is 2. The van der Waals surface area contributed by atoms with E-state index in [4.69, 9.17) is 4.42 Å². The lowest BCUT2D eigenvalue weighted by atomic mass is 10.1. The van der Waals surface area contributed by atoms with Gasteiger partial charge >= 0.3 is 5.76 Å². The van der Waals surface area contributed by atoms with Gasteiger partial charge in [0, 0.05) is 30.5 Å². The first-order chi connectivity index (χ1) is 12.0. The molecule has 25 heavy (non-hydrogen) atoms. The molecule has 1 amide bonds. The summed E-state index contributed by atoms with van der Waals surface area (Å²) in [5, 5.41) is 2.58. The first-order valence-electron chi connectivity index (χ1n) is 7.69. The monoisotopic (exact) mass is 342 g/mol. The summed E-state index contributed by atoms with van der Waals surface area (Å²) < 4.78 is 18.4. The van der Waals surface area contributed by atoms with E-state index in [1.165, 1.54) is 12.1 Å². The summed E-state index contributed by atoms with van der Waals surface area (Å²) in [6, 6.07) is 10.8. The molecule has 2 N–H and O–H groups in total. The van der Waals surface area contributed by atoms with Crippen LogP contribution in [-0.4, -0.2) is 16.7 Å². The first-order valence-corrected chi connectivity index (χ1v) is 7.69. The third-order valence-corrected chi connectivity index (χ3v) is 3.76. The van der Waals surface area contributed by atoms with Crippen molar-refractivity contribution in [1.29, 1.82) is 0 Å². The van der Waals surface area contributed by atoms with E-state index in [9.17, 15) is 18.8 Å². The highest BCUT2D eigenvalue weighted by molar-refractivity contribution is 6.00. The molecule has 1 heterocycles. The van der Waals surface area contributed by atoms with E-state index in [-0.39, 0.29) is 36.9 Å². The topological polar surface area (TPSA) is 92.2 Å². The number of nitrogens with one attached hydrogen (secondary N) is 2. The summed E-state index contributed by atoms with van der Waals surface area (Å²) in [6.07, 6.45) is -0.00826. The van der Waals surface area contributed by atoms with Gasteiger partial charge in [-0.25, -0.2) is 9.18 Å². The van der Waals surface area contributed by atoms with Crippen molar-refractivity contribution in [3.8, 4) is 0 Å². The van der Waals surface area contributed by atoms with Crippen LogP contribution in [0.25, 0.3) is 11.1 Å². The summed E-state index contributed by atoms with van der Waals surface area (Å²) >= 11 is 0. The summed E-state index contributed by atoms with van der Waals surface area (Å²) in [6.45, 7) is 0.0696. The average Bonchev–Trinajstić information content (AvgIpc) is 2.98. The second kappa shape index (κ2) is 7.12. The number of aromatic nitrogens is 1. The van der Waals surface area contributed by atoms with Gasteiger partial charge in [0.1, 0.15) is 5.82 Å². The Hall–Kier alpha value is -3.22. The van der Waals surface area contributed by atoms with Gasteiger partial charge in [0.15, 0.2) is 11.4 Å². The molecule has 0 saturated heterocycles. The number of carbonyl (C=O) groups excluding carboxylic acids is 2. The SMILES string of the molecule is O=C(CCC(=O)c1ccc2[nH]c(=O)oc2c1)NCc1ccccc1F. The number of fused-ring (bicyclic) bond motifs is 1. The molecule has 0 radical (unpaired) electrons. The lowest BCUT2D eigenvalue weighted by Crippen LogP contribution is -2.23. The molecule has 3 aromatic rings. The molecule has 3 rings (SSSR count). The molecule has 7 heteroatoms. The van der Waals surface area contributed by atoms with E-state index in [0.717, 1.165) is 0 Å². The summed E-state index contributed by atoms with van der Waals surface area (Å²) in [5.41, 5.74) is 1.54. The molecular weight excluding hydrogens is 327 g/mol. The highest BCUT2D eigenvalue weighted by atomic mass is 19.1. The lowest BCUT2D eigenvalue weighted by Gasteiger charge is -2.06. The maximum atomic E-state index is 13.5. The van der Waals surface area contributed by atoms with Gasteiger partial charge in [0.25, 0.3) is 0 Å². The Morgan fingerprint density at radius 2 is 1.92 bits per heavy atom. The van der Waals surface area contributed by atoms with Crippen molar-refractivity contribution in [3.05, 3.63) is 70.0 Å². The molecule has 0 atom stereocenters. The van der Waals surface area contributed by atoms with Crippen molar-refractivity contribution in [2.24, 2.45) is 0 Å². The maximum Gasteiger partial charge on any atom is 0.417 e. The van der Waals surface area contributed by atoms with Crippen LogP contribution in [0.1, 0.15) is 28.8 Å². The van der Waals surface area contributed by atoms with Crippen LogP contribution in [0.2, 0.25) is 0 Å². The number of amides is 1. The van der Waals surface area contributed by atoms with E-state index < -0.39 is 5.76 Å². The van der Waals surface area contributed by atoms with Gasteiger partial charge in [0.2, 0.25) is 5.91 Å². The van der Waals surface area contributed by atoms with Crippen molar-refractivity contribution in [3.63, 3.8) is 0 Å². The number of hydrogen-bond acceptors (Lipinski definition) is 4. The lowest BCUT2D eigenvalue weighted by molar-refractivity contribution is -0.121. The first kappa shape index (κ1) is 16.6. The number of H-pyrrole nitrogens is 1. The van der Waals surface area contributed by atoms with E-state index in [1.807, 2.05) is 0 Å². The summed E-state index contributed by atoms with van der Waals surface area (Å²) in [5.74, 6) is -1.56. The fraction of sp³-hybridized carbons (Fsp3) is 0.167. The number of aromatic amines is 1. The Morgan fingerprint density at radius 1 is 1.12 bits per heavy atom. The zero-order chi connectivity index (χ0) is 17.8. The van der Waals surface area contributed by atoms with E-state index in [1.54, 1.807) is 30.3 Å². The normalized spacial score (nSPS) is 10.8. The Bertz CT molecular complexity index is 990. The molecule has 0 spiro atoms. The minimum atomic E-state index is -0.591. The highest BCUT2D eigenvalue weighted by Crippen LogP contribution is 2.14. The molecule has 2 aromatic carbocycles. The number of hydrogen-bond donors (Lipinski definition) is 2. The molecule has 0 bridgehead atoms. The van der Waals surface area contributed by atoms with Crippen molar-refractivity contribution >= 4 is 22.8 Å². The standard InChI is InChI=1S/C18H15FN2O4/c19-13-4-2-1-3-12(13)10-20-17(23)8-7-15(22)11-5-6-14-16(9-11)25-18(24)21-14/h1-6,9H,7-8,10H2,(H,20,23)(H,21,24). The predicted octanol–water partition coefficient (Wildman–Crippen LogP) is 2.54. The van der Waals surface area contributed by atoms with Crippen molar-refractivity contribution in [1.82, 2.24) is 10.3 Å². The fourth-order valence-corrected chi connectivity index (χ4v) is 2.41. The highest BCUT2D eigenvalue weighted by Gasteiger charge is 2.12. The van der Waals surface area contributed by atoms with Crippen molar-refractivity contribution in [2.75, 3.05) is 0 Å². The van der Waals surface area contributed by atoms with Crippen LogP contribution in [0, 0.1) is 5.82 Å². The zero-order valence-corrected chi connectivity index (χ0v) is 13.2. The van der Waals surface area contributed by atoms with Gasteiger partial charge in [-0.1, -0.05) is 18.2 Å². The third kappa shape index (κ3) is 4.00. The molecule has 6 nitrogen and oxygen atoms in total. The minimum absolute atomic E-state index is 0.00324. The number of oxazole rings is 1. The van der Waals surface area contributed by atoms with Gasteiger partial charge in [-0.05, 0) is 24.3 Å². The Kier molecular flexibility index (Phi) is 4.74. The summed E-state index contributed by atoms with van der Waals surface area (Å²) in [4.78, 5) is 37.6. The summed E-state index contributed by atoms with van der Waals surface area (Å²) in [7, 11) is 0. The number of halogens is 1. The van der Waals surface area contributed by atoms with E-state index in [2.05, 4.69) is 10.3 Å². The maximum absolute atomic E-state index is 13.5. The van der Waals surface area contributed by atoms with Gasteiger partial charge in [0.05, 0.1) is 5.52 Å². The van der Waals surface area contributed by atoms with Crippen LogP contribution >= 0.6 is 0 Å². The van der Waals surface area contributed by atoms with Gasteiger partial charge in [-0.3, -0.25) is 14.6 Å². The van der Waals surface area contributed by atoms with Gasteiger partial charge in [-0.2, -0.15) is 0 Å². The molecule has 0 saturated carbocycles. The molecule has 0 aliphatic heterocycles. The minimum Gasteiger partial charge on any atom is -0.408 e. The van der Waals surface area contributed by atoms with E-state index in [0.29, 0.717) is 22.2 Å². The molecule has 128 valence electrons. The second-order valence-electron chi connectivity index (χ2n) is 5.52. The molecule has 0 unspecified atom stereocenters. The zero-order valence-electron chi connectivity index (χ0n) is 13.2. The predicted molar refractivity (Wildman–Crippen MR) is 88.6 cm³/mol.